The molecule has 0 saturated heterocycles. The second kappa shape index (κ2) is 11.2. The van der Waals surface area contributed by atoms with Gasteiger partial charge in [0.2, 0.25) is 5.91 Å². The number of rotatable bonds is 10. The lowest BCUT2D eigenvalue weighted by Gasteiger charge is -2.29. The Morgan fingerprint density at radius 3 is 2.50 bits per heavy atom. The molecule has 7 nitrogen and oxygen atoms in total. The van der Waals surface area contributed by atoms with Crippen LogP contribution in [-0.2, 0) is 9.59 Å². The maximum Gasteiger partial charge on any atom is 0.265 e. The lowest BCUT2D eigenvalue weighted by Crippen LogP contribution is -2.41. The lowest BCUT2D eigenvalue weighted by molar-refractivity contribution is -0.121. The number of amides is 2. The van der Waals surface area contributed by atoms with Gasteiger partial charge in [-0.25, -0.2) is 0 Å². The molecule has 0 spiro atoms. The zero-order valence-corrected chi connectivity index (χ0v) is 19.2. The van der Waals surface area contributed by atoms with Crippen LogP contribution in [0.5, 0.6) is 17.2 Å². The highest BCUT2D eigenvalue weighted by atomic mass is 16.5. The van der Waals surface area contributed by atoms with Gasteiger partial charge < -0.3 is 24.4 Å². The van der Waals surface area contributed by atoms with Crippen LogP contribution < -0.4 is 24.4 Å². The number of carbonyl (C=O) groups is 2. The third kappa shape index (κ3) is 6.28. The van der Waals surface area contributed by atoms with Gasteiger partial charge in [-0.15, -0.1) is 0 Å². The Balaban J connectivity index is 1.26. The van der Waals surface area contributed by atoms with Gasteiger partial charge >= 0.3 is 0 Å². The van der Waals surface area contributed by atoms with Crippen molar-refractivity contribution in [3.05, 3.63) is 78.4 Å². The molecule has 7 heteroatoms. The van der Waals surface area contributed by atoms with Crippen molar-refractivity contribution in [2.45, 2.75) is 19.8 Å². The molecule has 1 aliphatic rings. The second-order valence-corrected chi connectivity index (χ2v) is 7.99. The molecule has 0 saturated carbocycles. The zero-order valence-electron chi connectivity index (χ0n) is 19.2. The van der Waals surface area contributed by atoms with Gasteiger partial charge in [-0.2, -0.15) is 0 Å². The van der Waals surface area contributed by atoms with Crippen LogP contribution in [0, 0.1) is 6.92 Å². The standard InChI is InChI=1S/C27H28N2O5/c1-20-9-12-23(13-10-20)32-16-5-8-26(30)28-21-11-14-24-25(18-21)34-19-27(31)29(24)15-17-33-22-6-3-2-4-7-22/h2-4,6-7,9-14,18H,5,8,15-17,19H2,1H3,(H,28,30). The van der Waals surface area contributed by atoms with Crippen molar-refractivity contribution < 1.29 is 23.8 Å². The first-order chi connectivity index (χ1) is 16.6. The quantitative estimate of drug-likeness (QED) is 0.448. The molecule has 3 aromatic rings. The van der Waals surface area contributed by atoms with Gasteiger partial charge in [0, 0.05) is 18.2 Å². The first kappa shape index (κ1) is 23.2. The molecule has 2 amide bonds. The highest BCUT2D eigenvalue weighted by Crippen LogP contribution is 2.34. The largest absolute Gasteiger partial charge is 0.494 e. The van der Waals surface area contributed by atoms with Gasteiger partial charge in [-0.05, 0) is 49.7 Å². The fourth-order valence-electron chi connectivity index (χ4n) is 3.58. The first-order valence-corrected chi connectivity index (χ1v) is 11.3. The molecule has 3 aromatic carbocycles. The van der Waals surface area contributed by atoms with E-state index in [0.717, 1.165) is 11.5 Å². The Labute approximate surface area is 199 Å². The Kier molecular flexibility index (Phi) is 7.65. The summed E-state index contributed by atoms with van der Waals surface area (Å²) in [6.45, 7) is 3.20. The number of nitrogens with zero attached hydrogens (tertiary/aromatic N) is 1. The lowest BCUT2D eigenvalue weighted by atomic mass is 10.2. The van der Waals surface area contributed by atoms with Crippen LogP contribution >= 0.6 is 0 Å². The Morgan fingerprint density at radius 1 is 0.971 bits per heavy atom. The zero-order chi connectivity index (χ0) is 23.8. The third-order valence-corrected chi connectivity index (χ3v) is 5.35. The highest BCUT2D eigenvalue weighted by Gasteiger charge is 2.25. The average Bonchev–Trinajstić information content (AvgIpc) is 2.85. The van der Waals surface area contributed by atoms with Crippen LogP contribution in [0.3, 0.4) is 0 Å². The first-order valence-electron chi connectivity index (χ1n) is 11.3. The molecule has 176 valence electrons. The number of carbonyl (C=O) groups excluding carboxylic acids is 2. The topological polar surface area (TPSA) is 77.1 Å². The minimum atomic E-state index is -0.130. The SMILES string of the molecule is Cc1ccc(OCCCC(=O)Nc2ccc3c(c2)OCC(=O)N3CCOc2ccccc2)cc1. The van der Waals surface area contributed by atoms with Crippen LogP contribution in [0.15, 0.2) is 72.8 Å². The minimum absolute atomic E-state index is 0.0495. The molecular formula is C27H28N2O5. The van der Waals surface area contributed by atoms with Crippen LogP contribution in [0.4, 0.5) is 11.4 Å². The van der Waals surface area contributed by atoms with Gasteiger partial charge in [0.1, 0.15) is 23.9 Å². The number of anilines is 2. The minimum Gasteiger partial charge on any atom is -0.494 e. The molecule has 1 N–H and O–H groups in total. The smallest absolute Gasteiger partial charge is 0.265 e. The summed E-state index contributed by atoms with van der Waals surface area (Å²) >= 11 is 0. The van der Waals surface area contributed by atoms with E-state index in [4.69, 9.17) is 14.2 Å². The highest BCUT2D eigenvalue weighted by molar-refractivity contribution is 5.99. The summed E-state index contributed by atoms with van der Waals surface area (Å²) in [5, 5.41) is 2.89. The molecule has 0 unspecified atom stereocenters. The number of aryl methyl sites for hydroxylation is 1. The summed E-state index contributed by atoms with van der Waals surface area (Å²) in [4.78, 5) is 26.4. The number of nitrogens with one attached hydrogen (secondary N) is 1. The third-order valence-electron chi connectivity index (χ3n) is 5.35. The van der Waals surface area contributed by atoms with Crippen molar-refractivity contribution in [2.75, 3.05) is 36.6 Å². The van der Waals surface area contributed by atoms with Crippen molar-refractivity contribution in [1.29, 1.82) is 0 Å². The van der Waals surface area contributed by atoms with Crippen LogP contribution in [0.25, 0.3) is 0 Å². The van der Waals surface area contributed by atoms with Gasteiger partial charge in [-0.1, -0.05) is 35.9 Å². The van der Waals surface area contributed by atoms with E-state index in [9.17, 15) is 9.59 Å². The number of para-hydroxylation sites is 1. The molecule has 1 aliphatic heterocycles. The number of ether oxygens (including phenoxy) is 3. The van der Waals surface area contributed by atoms with E-state index >= 15 is 0 Å². The second-order valence-electron chi connectivity index (χ2n) is 7.99. The Hall–Kier alpha value is -4.00. The van der Waals surface area contributed by atoms with E-state index < -0.39 is 0 Å². The fraction of sp³-hybridized carbons (Fsp3) is 0.259. The summed E-state index contributed by atoms with van der Waals surface area (Å²) in [5.41, 5.74) is 2.46. The van der Waals surface area contributed by atoms with Crippen LogP contribution in [0.1, 0.15) is 18.4 Å². The molecule has 0 aromatic heterocycles. The summed E-state index contributed by atoms with van der Waals surface area (Å²) in [6.07, 6.45) is 0.941. The van der Waals surface area contributed by atoms with Crippen molar-refractivity contribution in [3.63, 3.8) is 0 Å². The summed E-state index contributed by atoms with van der Waals surface area (Å²) in [5.74, 6) is 1.87. The maximum absolute atomic E-state index is 12.4. The maximum atomic E-state index is 12.4. The predicted octanol–water partition coefficient (Wildman–Crippen LogP) is 4.60. The van der Waals surface area contributed by atoms with E-state index in [2.05, 4.69) is 5.32 Å². The van der Waals surface area contributed by atoms with Crippen LogP contribution in [-0.4, -0.2) is 38.2 Å². The molecular weight excluding hydrogens is 432 g/mol. The summed E-state index contributed by atoms with van der Waals surface area (Å²) < 4.78 is 17.0. The molecule has 34 heavy (non-hydrogen) atoms. The molecule has 4 rings (SSSR count). The van der Waals surface area contributed by atoms with Crippen molar-refractivity contribution in [3.8, 4) is 17.2 Å². The van der Waals surface area contributed by atoms with Gasteiger partial charge in [0.05, 0.1) is 18.8 Å². The van der Waals surface area contributed by atoms with E-state index in [1.165, 1.54) is 5.56 Å². The van der Waals surface area contributed by atoms with E-state index in [1.807, 2.05) is 61.5 Å². The fourth-order valence-corrected chi connectivity index (χ4v) is 3.58. The van der Waals surface area contributed by atoms with E-state index in [0.29, 0.717) is 49.7 Å². The Morgan fingerprint density at radius 2 is 1.71 bits per heavy atom. The monoisotopic (exact) mass is 460 g/mol. The average molecular weight is 461 g/mol. The van der Waals surface area contributed by atoms with Crippen LogP contribution in [0.2, 0.25) is 0 Å². The number of hydrogen-bond acceptors (Lipinski definition) is 5. The predicted molar refractivity (Wildman–Crippen MR) is 131 cm³/mol. The van der Waals surface area contributed by atoms with Gasteiger partial charge in [-0.3, -0.25) is 9.59 Å². The van der Waals surface area contributed by atoms with Crippen molar-refractivity contribution in [1.82, 2.24) is 0 Å². The van der Waals surface area contributed by atoms with E-state index in [1.54, 1.807) is 23.1 Å². The van der Waals surface area contributed by atoms with E-state index in [-0.39, 0.29) is 18.4 Å². The normalized spacial score (nSPS) is 12.5. The van der Waals surface area contributed by atoms with Gasteiger partial charge in [0.15, 0.2) is 6.61 Å². The van der Waals surface area contributed by atoms with Crippen molar-refractivity contribution >= 4 is 23.2 Å². The molecule has 0 aliphatic carbocycles. The molecule has 0 atom stereocenters. The molecule has 0 fully saturated rings. The number of fused-ring (bicyclic) bond motifs is 1. The van der Waals surface area contributed by atoms with Crippen molar-refractivity contribution in [2.24, 2.45) is 0 Å². The number of hydrogen-bond donors (Lipinski definition) is 1. The molecule has 0 radical (unpaired) electrons. The molecule has 0 bridgehead atoms. The Bertz CT molecular complexity index is 1120. The van der Waals surface area contributed by atoms with Gasteiger partial charge in [0.25, 0.3) is 5.91 Å². The summed E-state index contributed by atoms with van der Waals surface area (Å²) in [7, 11) is 0. The number of benzene rings is 3. The molecule has 1 heterocycles. The summed E-state index contributed by atoms with van der Waals surface area (Å²) in [6, 6.07) is 22.6.